The first-order valence-electron chi connectivity index (χ1n) is 10.5. The Morgan fingerprint density at radius 3 is 2.25 bits per heavy atom. The summed E-state index contributed by atoms with van der Waals surface area (Å²) < 4.78 is 0. The predicted octanol–water partition coefficient (Wildman–Crippen LogP) is 3.95. The second-order valence-electron chi connectivity index (χ2n) is 8.52. The van der Waals surface area contributed by atoms with Crippen LogP contribution in [0.2, 0.25) is 0 Å². The molecular weight excluding hydrogens is 413 g/mol. The van der Waals surface area contributed by atoms with Gasteiger partial charge < -0.3 is 10.6 Å². The Kier molecular flexibility index (Phi) is 9.09. The van der Waals surface area contributed by atoms with Crippen molar-refractivity contribution in [1.82, 2.24) is 9.80 Å². The number of rotatable bonds is 4. The molecule has 160 valence electrons. The minimum atomic E-state index is 0. The maximum Gasteiger partial charge on any atom is 0.225 e. The van der Waals surface area contributed by atoms with Crippen LogP contribution in [-0.4, -0.2) is 47.9 Å². The van der Waals surface area contributed by atoms with Gasteiger partial charge in [-0.3, -0.25) is 9.69 Å². The van der Waals surface area contributed by atoms with Crippen molar-refractivity contribution in [1.29, 1.82) is 0 Å². The summed E-state index contributed by atoms with van der Waals surface area (Å²) >= 11 is 1.93. The quantitative estimate of drug-likeness (QED) is 0.759. The Bertz CT molecular complexity index is 619. The zero-order chi connectivity index (χ0) is 18.1. The van der Waals surface area contributed by atoms with E-state index in [1.165, 1.54) is 29.0 Å². The standard InChI is InChI=1S/C21H33N3OS.2ClH/c1-2-18-6-7-19(26-18)14-23-8-10-24(11-9-23)21(25)17-12-15-4-3-5-16(13-17)20(15)22;;/h6-7,15-17,20H,2-5,8-14,22H2,1H3;2*1H. The number of hydrogen-bond acceptors (Lipinski definition) is 4. The summed E-state index contributed by atoms with van der Waals surface area (Å²) in [6, 6.07) is 4.87. The topological polar surface area (TPSA) is 49.6 Å². The third kappa shape index (κ3) is 5.23. The second-order valence-corrected chi connectivity index (χ2v) is 9.77. The third-order valence-electron chi connectivity index (χ3n) is 6.89. The average Bonchev–Trinajstić information content (AvgIpc) is 3.09. The van der Waals surface area contributed by atoms with E-state index in [4.69, 9.17) is 5.73 Å². The molecule has 3 aliphatic rings. The average molecular weight is 449 g/mol. The molecule has 2 heterocycles. The molecule has 1 saturated heterocycles. The number of amides is 1. The van der Waals surface area contributed by atoms with E-state index in [9.17, 15) is 4.79 Å². The molecule has 1 amide bonds. The Hall–Kier alpha value is -0.330. The number of piperazine rings is 1. The highest BCUT2D eigenvalue weighted by Gasteiger charge is 2.41. The summed E-state index contributed by atoms with van der Waals surface area (Å²) in [5.74, 6) is 1.83. The zero-order valence-electron chi connectivity index (χ0n) is 16.8. The number of carbonyl (C=O) groups is 1. The fourth-order valence-corrected chi connectivity index (χ4v) is 6.29. The normalized spacial score (nSPS) is 30.3. The first-order valence-corrected chi connectivity index (χ1v) is 11.3. The number of nitrogens with zero attached hydrogens (tertiary/aromatic N) is 2. The lowest BCUT2D eigenvalue weighted by Crippen LogP contribution is -2.53. The van der Waals surface area contributed by atoms with Crippen LogP contribution in [-0.2, 0) is 17.8 Å². The summed E-state index contributed by atoms with van der Waals surface area (Å²) in [4.78, 5) is 20.6. The Labute approximate surface area is 186 Å². The number of aryl methyl sites for hydroxylation is 1. The number of thiophene rings is 1. The molecule has 2 bridgehead atoms. The number of halogens is 2. The largest absolute Gasteiger partial charge is 0.340 e. The van der Waals surface area contributed by atoms with E-state index in [0.717, 1.165) is 52.0 Å². The molecule has 0 aromatic carbocycles. The van der Waals surface area contributed by atoms with Gasteiger partial charge in [0.25, 0.3) is 0 Å². The molecule has 1 aliphatic heterocycles. The van der Waals surface area contributed by atoms with Crippen LogP contribution in [0.1, 0.15) is 48.8 Å². The Morgan fingerprint density at radius 2 is 1.68 bits per heavy atom. The fraction of sp³-hybridized carbons (Fsp3) is 0.762. The van der Waals surface area contributed by atoms with Gasteiger partial charge in [0.1, 0.15) is 0 Å². The Balaban J connectivity index is 0.00000140. The van der Waals surface area contributed by atoms with Crippen LogP contribution < -0.4 is 5.73 Å². The lowest BCUT2D eigenvalue weighted by molar-refractivity contribution is -0.140. The van der Waals surface area contributed by atoms with Crippen LogP contribution in [0, 0.1) is 17.8 Å². The van der Waals surface area contributed by atoms with E-state index < -0.39 is 0 Å². The Morgan fingerprint density at radius 1 is 1.07 bits per heavy atom. The van der Waals surface area contributed by atoms with Crippen molar-refractivity contribution in [2.75, 3.05) is 26.2 Å². The number of nitrogens with two attached hydrogens (primary N) is 1. The van der Waals surface area contributed by atoms with E-state index in [1.807, 2.05) is 11.3 Å². The van der Waals surface area contributed by atoms with Crippen LogP contribution in [0.3, 0.4) is 0 Å². The van der Waals surface area contributed by atoms with E-state index in [0.29, 0.717) is 23.8 Å². The molecule has 1 aromatic heterocycles. The summed E-state index contributed by atoms with van der Waals surface area (Å²) in [5, 5.41) is 0. The highest BCUT2D eigenvalue weighted by atomic mass is 35.5. The number of fused-ring (bicyclic) bond motifs is 2. The first-order chi connectivity index (χ1) is 12.6. The maximum atomic E-state index is 13.1. The molecule has 2 aliphatic carbocycles. The predicted molar refractivity (Wildman–Crippen MR) is 122 cm³/mol. The highest BCUT2D eigenvalue weighted by Crippen LogP contribution is 2.42. The summed E-state index contributed by atoms with van der Waals surface area (Å²) in [6.45, 7) is 7.04. The van der Waals surface area contributed by atoms with Crippen LogP contribution in [0.4, 0.5) is 0 Å². The molecular formula is C21H35Cl2N3OS. The van der Waals surface area contributed by atoms with E-state index in [-0.39, 0.29) is 30.7 Å². The minimum absolute atomic E-state index is 0. The van der Waals surface area contributed by atoms with Gasteiger partial charge in [0, 0.05) is 54.4 Å². The van der Waals surface area contributed by atoms with E-state index in [1.54, 1.807) is 0 Å². The maximum absolute atomic E-state index is 13.1. The molecule has 2 saturated carbocycles. The molecule has 7 heteroatoms. The van der Waals surface area contributed by atoms with Gasteiger partial charge in [-0.1, -0.05) is 13.3 Å². The van der Waals surface area contributed by atoms with Crippen LogP contribution >= 0.6 is 36.2 Å². The molecule has 0 radical (unpaired) electrons. The highest BCUT2D eigenvalue weighted by molar-refractivity contribution is 7.11. The molecule has 1 aromatic rings. The fourth-order valence-electron chi connectivity index (χ4n) is 5.29. The van der Waals surface area contributed by atoms with Gasteiger partial charge in [-0.05, 0) is 56.1 Å². The van der Waals surface area contributed by atoms with Crippen LogP contribution in [0.5, 0.6) is 0 Å². The third-order valence-corrected chi connectivity index (χ3v) is 8.11. The van der Waals surface area contributed by atoms with E-state index >= 15 is 0 Å². The smallest absolute Gasteiger partial charge is 0.225 e. The first kappa shape index (κ1) is 23.9. The lowest BCUT2D eigenvalue weighted by Gasteiger charge is -2.45. The monoisotopic (exact) mass is 447 g/mol. The van der Waals surface area contributed by atoms with E-state index in [2.05, 4.69) is 28.9 Å². The van der Waals surface area contributed by atoms with Gasteiger partial charge >= 0.3 is 0 Å². The van der Waals surface area contributed by atoms with Crippen LogP contribution in [0.25, 0.3) is 0 Å². The van der Waals surface area contributed by atoms with Gasteiger partial charge in [0.2, 0.25) is 5.91 Å². The summed E-state index contributed by atoms with van der Waals surface area (Å²) in [6.07, 6.45) is 6.97. The summed E-state index contributed by atoms with van der Waals surface area (Å²) in [7, 11) is 0. The second kappa shape index (κ2) is 10.6. The zero-order valence-corrected chi connectivity index (χ0v) is 19.3. The van der Waals surface area contributed by atoms with Crippen molar-refractivity contribution >= 4 is 42.1 Å². The molecule has 0 spiro atoms. The van der Waals surface area contributed by atoms with Gasteiger partial charge in [-0.2, -0.15) is 0 Å². The number of carbonyl (C=O) groups excluding carboxylic acids is 1. The van der Waals surface area contributed by atoms with Gasteiger partial charge in [-0.15, -0.1) is 36.2 Å². The van der Waals surface area contributed by atoms with Crippen molar-refractivity contribution in [3.63, 3.8) is 0 Å². The molecule has 28 heavy (non-hydrogen) atoms. The molecule has 2 unspecified atom stereocenters. The van der Waals surface area contributed by atoms with Crippen LogP contribution in [0.15, 0.2) is 12.1 Å². The van der Waals surface area contributed by atoms with Crippen molar-refractivity contribution in [3.8, 4) is 0 Å². The molecule has 4 nitrogen and oxygen atoms in total. The lowest BCUT2D eigenvalue weighted by atomic mass is 9.65. The molecule has 2 atom stereocenters. The molecule has 2 N–H and O–H groups in total. The van der Waals surface area contributed by atoms with Gasteiger partial charge in [0.05, 0.1) is 0 Å². The van der Waals surface area contributed by atoms with Crippen molar-refractivity contribution in [3.05, 3.63) is 21.9 Å². The molecule has 3 fully saturated rings. The summed E-state index contributed by atoms with van der Waals surface area (Å²) in [5.41, 5.74) is 6.40. The molecule has 4 rings (SSSR count). The van der Waals surface area contributed by atoms with Gasteiger partial charge in [0.15, 0.2) is 0 Å². The number of hydrogen-bond donors (Lipinski definition) is 1. The van der Waals surface area contributed by atoms with Crippen molar-refractivity contribution in [2.45, 2.75) is 58.0 Å². The minimum Gasteiger partial charge on any atom is -0.340 e. The SMILES string of the molecule is CCc1ccc(CN2CCN(C(=O)C3CC4CCCC(C3)C4N)CC2)s1.Cl.Cl. The van der Waals surface area contributed by atoms with Gasteiger partial charge in [-0.25, -0.2) is 0 Å². The van der Waals surface area contributed by atoms with Crippen molar-refractivity contribution in [2.24, 2.45) is 23.5 Å². The van der Waals surface area contributed by atoms with Crippen molar-refractivity contribution < 1.29 is 4.79 Å².